The minimum atomic E-state index is -2.94. The Morgan fingerprint density at radius 2 is 1.31 bits per heavy atom. The van der Waals surface area contributed by atoms with Gasteiger partial charge in [0.05, 0.1) is 29.9 Å². The van der Waals surface area contributed by atoms with E-state index in [2.05, 4.69) is 50.4 Å². The van der Waals surface area contributed by atoms with Crippen molar-refractivity contribution in [1.82, 2.24) is 5.32 Å². The minimum absolute atomic E-state index is 0.151. The van der Waals surface area contributed by atoms with E-state index in [1.807, 2.05) is 97.9 Å². The molecule has 1 unspecified atom stereocenters. The quantitative estimate of drug-likeness (QED) is 0.212. The number of rotatable bonds is 12. The highest BCUT2D eigenvalue weighted by atomic mass is 32.2. The summed E-state index contributed by atoms with van der Waals surface area (Å²) in [7, 11) is -2.70. The molecule has 0 radical (unpaired) electrons. The lowest BCUT2D eigenvalue weighted by molar-refractivity contribution is -0.127. The average molecular weight is 600 g/mol. The highest BCUT2D eigenvalue weighted by molar-refractivity contribution is 7.85. The lowest BCUT2D eigenvalue weighted by Crippen LogP contribution is -2.68. The molecular formula is C35H41NO4SSi. The molecule has 0 spiro atoms. The minimum Gasteiger partial charge on any atom is -0.497 e. The van der Waals surface area contributed by atoms with Crippen LogP contribution in [0.1, 0.15) is 33.3 Å². The number of methoxy groups -OCH3 is 1. The molecule has 0 aliphatic carbocycles. The molecule has 7 heteroatoms. The van der Waals surface area contributed by atoms with Crippen LogP contribution in [0.15, 0.2) is 120 Å². The Kier molecular flexibility index (Phi) is 10.5. The number of carbonyl (C=O) groups is 1. The molecule has 4 rings (SSSR count). The molecule has 0 bridgehead atoms. The second kappa shape index (κ2) is 14.1. The number of hydrogen-bond donors (Lipinski definition) is 1. The lowest BCUT2D eigenvalue weighted by Gasteiger charge is -2.45. The van der Waals surface area contributed by atoms with Gasteiger partial charge in [0.1, 0.15) is 5.75 Å². The van der Waals surface area contributed by atoms with Crippen molar-refractivity contribution < 1.29 is 18.2 Å². The van der Waals surface area contributed by atoms with Crippen molar-refractivity contribution in [2.45, 2.75) is 50.3 Å². The highest BCUT2D eigenvalue weighted by Crippen LogP contribution is 2.38. The largest absolute Gasteiger partial charge is 0.497 e. The summed E-state index contributed by atoms with van der Waals surface area (Å²) in [6.45, 7) is 8.95. The molecule has 0 aliphatic rings. The molecule has 0 aliphatic heterocycles. The summed E-state index contributed by atoms with van der Waals surface area (Å²) in [5.41, 5.74) is 0.952. The Morgan fingerprint density at radius 3 is 1.79 bits per heavy atom. The van der Waals surface area contributed by atoms with E-state index in [1.54, 1.807) is 7.11 Å². The zero-order valence-electron chi connectivity index (χ0n) is 25.1. The van der Waals surface area contributed by atoms with Gasteiger partial charge < -0.3 is 14.5 Å². The molecule has 1 amide bonds. The average Bonchev–Trinajstić information content (AvgIpc) is 3.02. The van der Waals surface area contributed by atoms with Crippen molar-refractivity contribution >= 4 is 35.4 Å². The fourth-order valence-electron chi connectivity index (χ4n) is 5.37. The van der Waals surface area contributed by atoms with Gasteiger partial charge in [-0.25, -0.2) is 0 Å². The summed E-state index contributed by atoms with van der Waals surface area (Å²) < 4.78 is 26.2. The van der Waals surface area contributed by atoms with Gasteiger partial charge in [0, 0.05) is 17.2 Å². The van der Waals surface area contributed by atoms with E-state index in [4.69, 9.17) is 9.16 Å². The number of nitrogens with one attached hydrogen (secondary N) is 1. The second-order valence-electron chi connectivity index (χ2n) is 11.5. The SMILES string of the molecule is COc1ccc(CNC(=O)[C@@H](CS(=O)c2ccccc2)[C@@H](C)O[Si](c2ccccc2)(c2ccccc2)C(C)(C)C)cc1. The predicted molar refractivity (Wildman–Crippen MR) is 174 cm³/mol. The van der Waals surface area contributed by atoms with Gasteiger partial charge in [-0.1, -0.05) is 112 Å². The van der Waals surface area contributed by atoms with Crippen LogP contribution in [0.25, 0.3) is 0 Å². The molecule has 4 aromatic rings. The van der Waals surface area contributed by atoms with E-state index in [9.17, 15) is 9.00 Å². The molecule has 0 heterocycles. The van der Waals surface area contributed by atoms with Crippen LogP contribution < -0.4 is 20.4 Å². The smallest absolute Gasteiger partial charge is 0.261 e. The second-order valence-corrected chi connectivity index (χ2v) is 17.2. The van der Waals surface area contributed by atoms with Gasteiger partial charge in [-0.2, -0.15) is 0 Å². The van der Waals surface area contributed by atoms with Gasteiger partial charge in [0.15, 0.2) is 0 Å². The van der Waals surface area contributed by atoms with Crippen LogP contribution in [0.2, 0.25) is 5.04 Å². The maximum atomic E-state index is 13.9. The third-order valence-electron chi connectivity index (χ3n) is 7.65. The van der Waals surface area contributed by atoms with Crippen LogP contribution in [0, 0.1) is 5.92 Å². The molecule has 220 valence electrons. The molecule has 4 aromatic carbocycles. The molecular weight excluding hydrogens is 559 g/mol. The molecule has 1 N–H and O–H groups in total. The summed E-state index contributed by atoms with van der Waals surface area (Å²) >= 11 is 0. The molecule has 42 heavy (non-hydrogen) atoms. The van der Waals surface area contributed by atoms with E-state index in [0.29, 0.717) is 11.4 Å². The van der Waals surface area contributed by atoms with Gasteiger partial charge in [-0.05, 0) is 52.2 Å². The third kappa shape index (κ3) is 7.27. The zero-order valence-corrected chi connectivity index (χ0v) is 26.9. The van der Waals surface area contributed by atoms with Crippen LogP contribution in [-0.4, -0.2) is 37.4 Å². The topological polar surface area (TPSA) is 64.6 Å². The van der Waals surface area contributed by atoms with E-state index in [1.165, 1.54) is 0 Å². The Bertz CT molecular complexity index is 1400. The Hall–Kier alpha value is -3.52. The van der Waals surface area contributed by atoms with Gasteiger partial charge in [0.25, 0.3) is 8.32 Å². The predicted octanol–water partition coefficient (Wildman–Crippen LogP) is 5.70. The van der Waals surface area contributed by atoms with E-state index >= 15 is 0 Å². The first-order valence-electron chi connectivity index (χ1n) is 14.3. The first kappa shape index (κ1) is 31.4. The molecule has 0 saturated carbocycles. The van der Waals surface area contributed by atoms with Crippen molar-refractivity contribution in [3.63, 3.8) is 0 Å². The molecule has 5 nitrogen and oxygen atoms in total. The summed E-state index contributed by atoms with van der Waals surface area (Å²) in [6, 6.07) is 37.7. The van der Waals surface area contributed by atoms with E-state index < -0.39 is 31.1 Å². The number of amides is 1. The highest BCUT2D eigenvalue weighted by Gasteiger charge is 2.52. The van der Waals surface area contributed by atoms with Gasteiger partial charge >= 0.3 is 0 Å². The van der Waals surface area contributed by atoms with Crippen LogP contribution in [0.5, 0.6) is 5.75 Å². The Balaban J connectivity index is 1.70. The zero-order chi connectivity index (χ0) is 30.2. The summed E-state index contributed by atoms with van der Waals surface area (Å²) in [6.07, 6.45) is -0.514. The van der Waals surface area contributed by atoms with Gasteiger partial charge in [-0.3, -0.25) is 9.00 Å². The Labute approximate surface area is 253 Å². The van der Waals surface area contributed by atoms with Crippen molar-refractivity contribution in [3.05, 3.63) is 121 Å². The molecule has 0 fully saturated rings. The molecule has 3 atom stereocenters. The number of carbonyl (C=O) groups excluding carboxylic acids is 1. The van der Waals surface area contributed by atoms with E-state index in [0.717, 1.165) is 21.7 Å². The number of benzene rings is 4. The first-order valence-corrected chi connectivity index (χ1v) is 17.5. The molecule has 0 saturated heterocycles. The third-order valence-corrected chi connectivity index (χ3v) is 14.2. The maximum absolute atomic E-state index is 13.9. The summed E-state index contributed by atoms with van der Waals surface area (Å²) in [5.74, 6) is 0.0812. The number of hydrogen-bond acceptors (Lipinski definition) is 4. The van der Waals surface area contributed by atoms with Crippen LogP contribution >= 0.6 is 0 Å². The maximum Gasteiger partial charge on any atom is 0.261 e. The number of ether oxygens (including phenoxy) is 1. The van der Waals surface area contributed by atoms with Crippen LogP contribution in [0.4, 0.5) is 0 Å². The van der Waals surface area contributed by atoms with E-state index in [-0.39, 0.29) is 16.7 Å². The van der Waals surface area contributed by atoms with Crippen molar-refractivity contribution in [1.29, 1.82) is 0 Å². The summed E-state index contributed by atoms with van der Waals surface area (Å²) in [4.78, 5) is 14.6. The lowest BCUT2D eigenvalue weighted by atomic mass is 10.1. The summed E-state index contributed by atoms with van der Waals surface area (Å²) in [5, 5.41) is 5.11. The van der Waals surface area contributed by atoms with Crippen LogP contribution in [-0.2, 0) is 26.6 Å². The van der Waals surface area contributed by atoms with Crippen molar-refractivity contribution in [2.24, 2.45) is 5.92 Å². The van der Waals surface area contributed by atoms with Crippen molar-refractivity contribution in [3.8, 4) is 5.75 Å². The first-order chi connectivity index (χ1) is 20.2. The standard InChI is InChI=1S/C35H41NO4SSi/c1-27(40-42(35(2,3)4,31-17-11-7-12-18-31)32-19-13-8-14-20-32)33(26-41(38)30-15-9-6-10-16-30)34(37)36-25-28-21-23-29(39-5)24-22-28/h6-24,27,33H,25-26H2,1-5H3,(H,36,37)/t27-,33+,41?/m1/s1. The monoisotopic (exact) mass is 599 g/mol. The fourth-order valence-corrected chi connectivity index (χ4v) is 11.5. The fraction of sp³-hybridized carbons (Fsp3) is 0.286. The van der Waals surface area contributed by atoms with Crippen molar-refractivity contribution in [2.75, 3.05) is 12.9 Å². The molecule has 0 aromatic heterocycles. The van der Waals surface area contributed by atoms with Gasteiger partial charge in [0.2, 0.25) is 5.91 Å². The van der Waals surface area contributed by atoms with Gasteiger partial charge in [-0.15, -0.1) is 0 Å². The Morgan fingerprint density at radius 1 is 0.810 bits per heavy atom. The van der Waals surface area contributed by atoms with Crippen LogP contribution in [0.3, 0.4) is 0 Å². The normalized spacial score (nSPS) is 14.0.